The summed E-state index contributed by atoms with van der Waals surface area (Å²) in [6, 6.07) is 7.95. The van der Waals surface area contributed by atoms with Gasteiger partial charge in [-0.3, -0.25) is 4.79 Å². The molecule has 1 aliphatic heterocycles. The van der Waals surface area contributed by atoms with Crippen molar-refractivity contribution in [1.29, 1.82) is 0 Å². The Balaban J connectivity index is 2.03. The lowest BCUT2D eigenvalue weighted by atomic mass is 10.2. The van der Waals surface area contributed by atoms with E-state index in [1.807, 2.05) is 40.8 Å². The number of carbonyl (C=O) groups is 1. The molecule has 0 unspecified atom stereocenters. The molecule has 0 radical (unpaired) electrons. The fourth-order valence-electron chi connectivity index (χ4n) is 2.50. The molecule has 5 heteroatoms. The Labute approximate surface area is 120 Å². The molecule has 19 heavy (non-hydrogen) atoms. The van der Waals surface area contributed by atoms with Crippen LogP contribution in [-0.4, -0.2) is 41.7 Å². The van der Waals surface area contributed by atoms with Crippen LogP contribution < -0.4 is 0 Å². The van der Waals surface area contributed by atoms with E-state index in [0.29, 0.717) is 26.3 Å². The number of benzene rings is 1. The topological polar surface area (TPSA) is 34.5 Å². The summed E-state index contributed by atoms with van der Waals surface area (Å²) in [6.45, 7) is 2.59. The number of hydrogen-bond donors (Lipinski definition) is 0. The van der Waals surface area contributed by atoms with Gasteiger partial charge in [0.05, 0.1) is 18.7 Å². The van der Waals surface area contributed by atoms with E-state index in [0.717, 1.165) is 21.1 Å². The molecular weight excluding hydrogens is 308 g/mol. The van der Waals surface area contributed by atoms with Crippen LogP contribution in [-0.2, 0) is 11.8 Å². The quantitative estimate of drug-likeness (QED) is 0.808. The van der Waals surface area contributed by atoms with Crippen LogP contribution in [0.1, 0.15) is 10.5 Å². The minimum atomic E-state index is 0.0777. The number of amides is 1. The van der Waals surface area contributed by atoms with Gasteiger partial charge in [0.25, 0.3) is 5.91 Å². The number of aryl methyl sites for hydroxylation is 1. The first-order valence-corrected chi connectivity index (χ1v) is 7.09. The van der Waals surface area contributed by atoms with E-state index in [4.69, 9.17) is 4.74 Å². The molecule has 1 fully saturated rings. The van der Waals surface area contributed by atoms with Gasteiger partial charge in [-0.15, -0.1) is 0 Å². The normalized spacial score (nSPS) is 16.0. The fourth-order valence-corrected chi connectivity index (χ4v) is 3.15. The first kappa shape index (κ1) is 12.7. The van der Waals surface area contributed by atoms with Crippen molar-refractivity contribution in [3.05, 3.63) is 34.4 Å². The summed E-state index contributed by atoms with van der Waals surface area (Å²) in [5, 5.41) is 1.08. The zero-order chi connectivity index (χ0) is 13.4. The molecule has 2 heterocycles. The van der Waals surface area contributed by atoms with Crippen LogP contribution in [0.25, 0.3) is 10.9 Å². The summed E-state index contributed by atoms with van der Waals surface area (Å²) in [6.07, 6.45) is 0. The van der Waals surface area contributed by atoms with Gasteiger partial charge in [0, 0.05) is 30.0 Å². The average molecular weight is 323 g/mol. The summed E-state index contributed by atoms with van der Waals surface area (Å²) >= 11 is 3.54. The van der Waals surface area contributed by atoms with Crippen molar-refractivity contribution in [2.24, 2.45) is 7.05 Å². The molecule has 1 aromatic carbocycles. The van der Waals surface area contributed by atoms with Crippen molar-refractivity contribution in [2.45, 2.75) is 0 Å². The molecule has 3 rings (SSSR count). The van der Waals surface area contributed by atoms with E-state index in [2.05, 4.69) is 15.9 Å². The van der Waals surface area contributed by atoms with Gasteiger partial charge in [0.15, 0.2) is 0 Å². The van der Waals surface area contributed by atoms with E-state index in [1.165, 1.54) is 0 Å². The number of ether oxygens (including phenoxy) is 1. The van der Waals surface area contributed by atoms with Crippen LogP contribution in [0, 0.1) is 0 Å². The first-order valence-electron chi connectivity index (χ1n) is 6.29. The molecule has 0 spiro atoms. The van der Waals surface area contributed by atoms with E-state index in [1.54, 1.807) is 0 Å². The molecule has 1 aliphatic rings. The second-order valence-electron chi connectivity index (χ2n) is 4.67. The van der Waals surface area contributed by atoms with Crippen molar-refractivity contribution in [2.75, 3.05) is 26.3 Å². The van der Waals surface area contributed by atoms with Gasteiger partial charge >= 0.3 is 0 Å². The predicted molar refractivity (Wildman–Crippen MR) is 77.3 cm³/mol. The molecule has 0 N–H and O–H groups in total. The number of halogens is 1. The Morgan fingerprint density at radius 3 is 2.74 bits per heavy atom. The van der Waals surface area contributed by atoms with Crippen LogP contribution in [0.5, 0.6) is 0 Å². The fraction of sp³-hybridized carbons (Fsp3) is 0.357. The highest BCUT2D eigenvalue weighted by molar-refractivity contribution is 9.10. The molecule has 0 aliphatic carbocycles. The average Bonchev–Trinajstić information content (AvgIpc) is 2.78. The molecule has 1 aromatic heterocycles. The molecule has 0 bridgehead atoms. The van der Waals surface area contributed by atoms with Crippen molar-refractivity contribution in [1.82, 2.24) is 9.47 Å². The van der Waals surface area contributed by atoms with Gasteiger partial charge in [-0.1, -0.05) is 12.1 Å². The lowest BCUT2D eigenvalue weighted by molar-refractivity contribution is 0.0297. The number of morpholine rings is 1. The Morgan fingerprint density at radius 2 is 2.05 bits per heavy atom. The van der Waals surface area contributed by atoms with Gasteiger partial charge in [-0.25, -0.2) is 0 Å². The summed E-state index contributed by atoms with van der Waals surface area (Å²) in [4.78, 5) is 14.4. The Bertz CT molecular complexity index is 630. The van der Waals surface area contributed by atoms with Crippen LogP contribution in [0.15, 0.2) is 28.7 Å². The molecule has 4 nitrogen and oxygen atoms in total. The van der Waals surface area contributed by atoms with Gasteiger partial charge in [-0.05, 0) is 28.1 Å². The van der Waals surface area contributed by atoms with Gasteiger partial charge in [-0.2, -0.15) is 0 Å². The highest BCUT2D eigenvalue weighted by Gasteiger charge is 2.22. The maximum Gasteiger partial charge on any atom is 0.270 e. The van der Waals surface area contributed by atoms with Crippen molar-refractivity contribution < 1.29 is 9.53 Å². The number of carbonyl (C=O) groups excluding carboxylic acids is 1. The number of nitrogens with zero attached hydrogens (tertiary/aromatic N) is 2. The monoisotopic (exact) mass is 322 g/mol. The van der Waals surface area contributed by atoms with Crippen molar-refractivity contribution in [3.63, 3.8) is 0 Å². The zero-order valence-electron chi connectivity index (χ0n) is 10.7. The molecule has 1 saturated heterocycles. The van der Waals surface area contributed by atoms with E-state index >= 15 is 0 Å². The number of rotatable bonds is 1. The second-order valence-corrected chi connectivity index (χ2v) is 5.53. The SMILES string of the molecule is Cn1c(C(=O)N2CCOCC2)cc2cccc(Br)c21. The van der Waals surface area contributed by atoms with E-state index in [9.17, 15) is 4.79 Å². The molecule has 0 saturated carbocycles. The van der Waals surface area contributed by atoms with Gasteiger partial charge in [0.2, 0.25) is 0 Å². The lowest BCUT2D eigenvalue weighted by Crippen LogP contribution is -2.41. The van der Waals surface area contributed by atoms with Crippen molar-refractivity contribution >= 4 is 32.7 Å². The summed E-state index contributed by atoms with van der Waals surface area (Å²) < 4.78 is 8.25. The summed E-state index contributed by atoms with van der Waals surface area (Å²) in [5.41, 5.74) is 1.78. The number of hydrogen-bond acceptors (Lipinski definition) is 2. The summed E-state index contributed by atoms with van der Waals surface area (Å²) in [5.74, 6) is 0.0777. The van der Waals surface area contributed by atoms with Crippen LogP contribution in [0.2, 0.25) is 0 Å². The Morgan fingerprint density at radius 1 is 1.32 bits per heavy atom. The minimum absolute atomic E-state index is 0.0777. The second kappa shape index (κ2) is 4.98. The maximum atomic E-state index is 12.5. The van der Waals surface area contributed by atoms with Crippen LogP contribution in [0.3, 0.4) is 0 Å². The Kier molecular flexibility index (Phi) is 3.33. The molecule has 100 valence electrons. The third-order valence-electron chi connectivity index (χ3n) is 3.52. The minimum Gasteiger partial charge on any atom is -0.378 e. The number of aromatic nitrogens is 1. The maximum absolute atomic E-state index is 12.5. The molecular formula is C14H15BrN2O2. The zero-order valence-corrected chi connectivity index (χ0v) is 12.3. The molecule has 1 amide bonds. The third kappa shape index (κ3) is 2.17. The van der Waals surface area contributed by atoms with Gasteiger partial charge in [0.1, 0.15) is 5.69 Å². The molecule has 0 atom stereocenters. The molecule has 2 aromatic rings. The number of para-hydroxylation sites is 1. The predicted octanol–water partition coefficient (Wildman–Crippen LogP) is 2.41. The first-order chi connectivity index (χ1) is 9.18. The van der Waals surface area contributed by atoms with E-state index in [-0.39, 0.29) is 5.91 Å². The standard InChI is InChI=1S/C14H15BrN2O2/c1-16-12(14(18)17-5-7-19-8-6-17)9-10-3-2-4-11(15)13(10)16/h2-4,9H,5-8H2,1H3. The smallest absolute Gasteiger partial charge is 0.270 e. The highest BCUT2D eigenvalue weighted by Crippen LogP contribution is 2.27. The van der Waals surface area contributed by atoms with Crippen LogP contribution in [0.4, 0.5) is 0 Å². The Hall–Kier alpha value is -1.33. The van der Waals surface area contributed by atoms with Crippen molar-refractivity contribution in [3.8, 4) is 0 Å². The van der Waals surface area contributed by atoms with E-state index < -0.39 is 0 Å². The highest BCUT2D eigenvalue weighted by atomic mass is 79.9. The lowest BCUT2D eigenvalue weighted by Gasteiger charge is -2.26. The largest absolute Gasteiger partial charge is 0.378 e. The van der Waals surface area contributed by atoms with Gasteiger partial charge < -0.3 is 14.2 Å². The summed E-state index contributed by atoms with van der Waals surface area (Å²) in [7, 11) is 1.93. The third-order valence-corrected chi connectivity index (χ3v) is 4.16. The number of fused-ring (bicyclic) bond motifs is 1. The van der Waals surface area contributed by atoms with Crippen LogP contribution >= 0.6 is 15.9 Å².